The van der Waals surface area contributed by atoms with Crippen molar-refractivity contribution in [2.24, 2.45) is 5.41 Å². The van der Waals surface area contributed by atoms with E-state index in [-0.39, 0.29) is 18.1 Å². The SMILES string of the molecule is OCC1=C[C@]2(CCC1)CCC(O)C2. The van der Waals surface area contributed by atoms with Crippen LogP contribution in [0.1, 0.15) is 38.5 Å². The van der Waals surface area contributed by atoms with E-state index >= 15 is 0 Å². The fourth-order valence-corrected chi connectivity index (χ4v) is 2.86. The van der Waals surface area contributed by atoms with E-state index in [0.717, 1.165) is 25.7 Å². The molecule has 2 heteroatoms. The second kappa shape index (κ2) is 3.43. The summed E-state index contributed by atoms with van der Waals surface area (Å²) in [6.45, 7) is 0.206. The lowest BCUT2D eigenvalue weighted by atomic mass is 9.75. The van der Waals surface area contributed by atoms with Crippen molar-refractivity contribution in [2.75, 3.05) is 6.61 Å². The van der Waals surface area contributed by atoms with Gasteiger partial charge in [-0.1, -0.05) is 6.08 Å². The molecule has 2 rings (SSSR count). The molecule has 13 heavy (non-hydrogen) atoms. The molecule has 0 aromatic rings. The summed E-state index contributed by atoms with van der Waals surface area (Å²) in [5.41, 5.74) is 1.43. The van der Waals surface area contributed by atoms with Gasteiger partial charge in [0.25, 0.3) is 0 Å². The topological polar surface area (TPSA) is 40.5 Å². The predicted molar refractivity (Wildman–Crippen MR) is 51.3 cm³/mol. The first-order valence-electron chi connectivity index (χ1n) is 5.24. The quantitative estimate of drug-likeness (QED) is 0.605. The smallest absolute Gasteiger partial charge is 0.0641 e. The average molecular weight is 182 g/mol. The van der Waals surface area contributed by atoms with Crippen molar-refractivity contribution < 1.29 is 10.2 Å². The van der Waals surface area contributed by atoms with Crippen molar-refractivity contribution >= 4 is 0 Å². The van der Waals surface area contributed by atoms with Crippen molar-refractivity contribution in [3.8, 4) is 0 Å². The fraction of sp³-hybridized carbons (Fsp3) is 0.818. The molecule has 1 spiro atoms. The van der Waals surface area contributed by atoms with Gasteiger partial charge >= 0.3 is 0 Å². The summed E-state index contributed by atoms with van der Waals surface area (Å²) < 4.78 is 0. The van der Waals surface area contributed by atoms with Crippen molar-refractivity contribution in [3.05, 3.63) is 11.6 Å². The zero-order valence-electron chi connectivity index (χ0n) is 8.00. The molecule has 2 aliphatic carbocycles. The van der Waals surface area contributed by atoms with E-state index in [0.29, 0.717) is 0 Å². The molecule has 1 fully saturated rings. The molecule has 0 radical (unpaired) electrons. The van der Waals surface area contributed by atoms with Crippen LogP contribution < -0.4 is 0 Å². The first-order valence-corrected chi connectivity index (χ1v) is 5.24. The molecule has 2 atom stereocenters. The van der Waals surface area contributed by atoms with Crippen LogP contribution in [0.5, 0.6) is 0 Å². The largest absolute Gasteiger partial charge is 0.393 e. The van der Waals surface area contributed by atoms with Crippen LogP contribution in [0.4, 0.5) is 0 Å². The third kappa shape index (κ3) is 1.79. The highest BCUT2D eigenvalue weighted by molar-refractivity contribution is 5.16. The average Bonchev–Trinajstić information content (AvgIpc) is 2.47. The highest BCUT2D eigenvalue weighted by atomic mass is 16.3. The summed E-state index contributed by atoms with van der Waals surface area (Å²) >= 11 is 0. The maximum absolute atomic E-state index is 9.51. The summed E-state index contributed by atoms with van der Waals surface area (Å²) in [5.74, 6) is 0. The van der Waals surface area contributed by atoms with Gasteiger partial charge in [0.05, 0.1) is 12.7 Å². The van der Waals surface area contributed by atoms with Gasteiger partial charge in [0.15, 0.2) is 0 Å². The molecule has 2 aliphatic rings. The minimum atomic E-state index is -0.103. The van der Waals surface area contributed by atoms with Crippen LogP contribution in [-0.2, 0) is 0 Å². The number of hydrogen-bond donors (Lipinski definition) is 2. The van der Waals surface area contributed by atoms with E-state index < -0.39 is 0 Å². The van der Waals surface area contributed by atoms with Crippen LogP contribution in [0.3, 0.4) is 0 Å². The molecule has 0 bridgehead atoms. The second-order valence-corrected chi connectivity index (χ2v) is 4.57. The van der Waals surface area contributed by atoms with Gasteiger partial charge in [-0.15, -0.1) is 0 Å². The zero-order valence-corrected chi connectivity index (χ0v) is 8.00. The minimum Gasteiger partial charge on any atom is -0.393 e. The number of aliphatic hydroxyl groups is 2. The summed E-state index contributed by atoms with van der Waals surface area (Å²) in [7, 11) is 0. The van der Waals surface area contributed by atoms with Crippen molar-refractivity contribution in [3.63, 3.8) is 0 Å². The molecule has 74 valence electrons. The summed E-state index contributed by atoms with van der Waals surface area (Å²) in [6.07, 6.45) is 8.53. The third-order valence-electron chi connectivity index (χ3n) is 3.50. The standard InChI is InChI=1S/C11H18O2/c12-8-9-2-1-4-11(6-9)5-3-10(13)7-11/h6,10,12-13H,1-5,7-8H2/t10?,11-/m0/s1. The van der Waals surface area contributed by atoms with Crippen LogP contribution >= 0.6 is 0 Å². The molecule has 0 heterocycles. The van der Waals surface area contributed by atoms with Crippen LogP contribution in [0.15, 0.2) is 11.6 Å². The molecule has 1 saturated carbocycles. The summed E-state index contributed by atoms with van der Waals surface area (Å²) in [4.78, 5) is 0. The zero-order chi connectivity index (χ0) is 9.31. The van der Waals surface area contributed by atoms with Crippen LogP contribution in [0.25, 0.3) is 0 Å². The third-order valence-corrected chi connectivity index (χ3v) is 3.50. The normalized spacial score (nSPS) is 39.5. The lowest BCUT2D eigenvalue weighted by Gasteiger charge is -2.30. The Morgan fingerprint density at radius 1 is 1.46 bits per heavy atom. The molecule has 0 saturated heterocycles. The van der Waals surface area contributed by atoms with E-state index in [1.807, 2.05) is 0 Å². The molecule has 1 unspecified atom stereocenters. The summed E-state index contributed by atoms with van der Waals surface area (Å²) in [5, 5.41) is 18.6. The molecular formula is C11H18O2. The first kappa shape index (κ1) is 9.22. The molecule has 0 amide bonds. The number of rotatable bonds is 1. The van der Waals surface area contributed by atoms with E-state index in [2.05, 4.69) is 6.08 Å². The summed E-state index contributed by atoms with van der Waals surface area (Å²) in [6, 6.07) is 0. The molecule has 0 aromatic heterocycles. The maximum atomic E-state index is 9.51. The lowest BCUT2D eigenvalue weighted by molar-refractivity contribution is 0.164. The predicted octanol–water partition coefficient (Wildman–Crippen LogP) is 1.62. The Balaban J connectivity index is 2.14. The van der Waals surface area contributed by atoms with Gasteiger partial charge in [0.2, 0.25) is 0 Å². The molecule has 2 N–H and O–H groups in total. The van der Waals surface area contributed by atoms with Gasteiger partial charge in [0.1, 0.15) is 0 Å². The first-order chi connectivity index (χ1) is 6.24. The fourth-order valence-electron chi connectivity index (χ4n) is 2.86. The van der Waals surface area contributed by atoms with Gasteiger partial charge in [-0.05, 0) is 49.5 Å². The number of hydrogen-bond acceptors (Lipinski definition) is 2. The monoisotopic (exact) mass is 182 g/mol. The Morgan fingerprint density at radius 2 is 2.31 bits per heavy atom. The number of allylic oxidation sites excluding steroid dienone is 1. The number of aliphatic hydroxyl groups excluding tert-OH is 2. The van der Waals surface area contributed by atoms with Crippen molar-refractivity contribution in [1.29, 1.82) is 0 Å². The van der Waals surface area contributed by atoms with E-state index in [1.165, 1.54) is 18.4 Å². The van der Waals surface area contributed by atoms with E-state index in [9.17, 15) is 5.11 Å². The Morgan fingerprint density at radius 3 is 2.92 bits per heavy atom. The minimum absolute atomic E-state index is 0.103. The van der Waals surface area contributed by atoms with Gasteiger partial charge in [-0.2, -0.15) is 0 Å². The van der Waals surface area contributed by atoms with Crippen LogP contribution in [0, 0.1) is 5.41 Å². The van der Waals surface area contributed by atoms with Crippen LogP contribution in [-0.4, -0.2) is 22.9 Å². The highest BCUT2D eigenvalue weighted by Crippen LogP contribution is 2.47. The van der Waals surface area contributed by atoms with Crippen molar-refractivity contribution in [2.45, 2.75) is 44.6 Å². The Hall–Kier alpha value is -0.340. The van der Waals surface area contributed by atoms with Crippen LogP contribution in [0.2, 0.25) is 0 Å². The Bertz CT molecular complexity index is 222. The van der Waals surface area contributed by atoms with E-state index in [4.69, 9.17) is 5.11 Å². The lowest BCUT2D eigenvalue weighted by Crippen LogP contribution is -2.20. The Labute approximate surface area is 79.3 Å². The van der Waals surface area contributed by atoms with E-state index in [1.54, 1.807) is 0 Å². The van der Waals surface area contributed by atoms with Crippen molar-refractivity contribution in [1.82, 2.24) is 0 Å². The molecular weight excluding hydrogens is 164 g/mol. The Kier molecular flexibility index (Phi) is 2.43. The van der Waals surface area contributed by atoms with Gasteiger partial charge in [-0.3, -0.25) is 0 Å². The molecule has 2 nitrogen and oxygen atoms in total. The molecule has 0 aromatic carbocycles. The maximum Gasteiger partial charge on any atom is 0.0641 e. The van der Waals surface area contributed by atoms with Gasteiger partial charge in [-0.25, -0.2) is 0 Å². The second-order valence-electron chi connectivity index (χ2n) is 4.57. The molecule has 0 aliphatic heterocycles. The van der Waals surface area contributed by atoms with Gasteiger partial charge in [0, 0.05) is 0 Å². The van der Waals surface area contributed by atoms with Gasteiger partial charge < -0.3 is 10.2 Å². The highest BCUT2D eigenvalue weighted by Gasteiger charge is 2.37.